The van der Waals surface area contributed by atoms with Crippen LogP contribution in [-0.2, 0) is 53.0 Å². The summed E-state index contributed by atoms with van der Waals surface area (Å²) in [6.45, 7) is -0.284. The molecular weight excluding hydrogens is 826 g/mol. The van der Waals surface area contributed by atoms with E-state index in [4.69, 9.17) is 21.3 Å². The summed E-state index contributed by atoms with van der Waals surface area (Å²) in [5.74, 6) is -3.92. The summed E-state index contributed by atoms with van der Waals surface area (Å²) >= 11 is 6.65. The minimum Gasteiger partial charge on any atom is -0.361 e. The van der Waals surface area contributed by atoms with Gasteiger partial charge in [0.1, 0.15) is 42.9 Å². The van der Waals surface area contributed by atoms with Crippen molar-refractivity contribution < 1.29 is 44.3 Å². The molecule has 4 aromatic heterocycles. The van der Waals surface area contributed by atoms with Crippen molar-refractivity contribution in [2.45, 2.75) is 64.5 Å². The average molecular weight is 865 g/mol. The highest BCUT2D eigenvalue weighted by atomic mass is 35.5. The summed E-state index contributed by atoms with van der Waals surface area (Å²) in [5, 5.41) is 12.1. The molecule has 1 saturated carbocycles. The Bertz CT molecular complexity index is 2650. The molecule has 1 aliphatic rings. The lowest BCUT2D eigenvalue weighted by atomic mass is 9.93. The fourth-order valence-electron chi connectivity index (χ4n) is 7.56. The van der Waals surface area contributed by atoms with Gasteiger partial charge in [0, 0.05) is 48.0 Å². The van der Waals surface area contributed by atoms with Crippen LogP contribution >= 0.6 is 11.6 Å². The summed E-state index contributed by atoms with van der Waals surface area (Å²) in [4.78, 5) is 19.1. The molecule has 4 heterocycles. The Labute approximate surface area is 339 Å². The van der Waals surface area contributed by atoms with Gasteiger partial charge in [-0.2, -0.15) is 10.2 Å². The number of carbonyl (C=O) groups excluding carboxylic acids is 1. The SMILES string of the molecule is CCCOCn1ccc2cc(-c3ccc(Cl)c4c(NS(C)(=O)=O)nn(C)c34)c([C@H](Cc3cc(F)cc(F)c3)NC(=O)Cn3nc(C(F)F)c([C@H]4C[C@H]4CF)c3CF)nc21. The van der Waals surface area contributed by atoms with E-state index in [1.54, 1.807) is 36.0 Å². The Morgan fingerprint density at radius 1 is 1.05 bits per heavy atom. The van der Waals surface area contributed by atoms with Crippen molar-refractivity contribution in [1.29, 1.82) is 0 Å². The molecule has 2 N–H and O–H groups in total. The molecule has 1 fully saturated rings. The second kappa shape index (κ2) is 16.8. The first kappa shape index (κ1) is 42.0. The Morgan fingerprint density at radius 3 is 2.44 bits per heavy atom. The van der Waals surface area contributed by atoms with E-state index in [0.29, 0.717) is 40.4 Å². The van der Waals surface area contributed by atoms with E-state index in [9.17, 15) is 39.6 Å². The summed E-state index contributed by atoms with van der Waals surface area (Å²) in [6.07, 6.45) is 0.295. The number of nitrogens with one attached hydrogen (secondary N) is 2. The number of anilines is 1. The molecule has 0 saturated heterocycles. The van der Waals surface area contributed by atoms with Gasteiger partial charge in [-0.05, 0) is 67.0 Å². The number of halogens is 7. The number of amides is 1. The van der Waals surface area contributed by atoms with Gasteiger partial charge in [-0.3, -0.25) is 23.3 Å². The number of ether oxygens (including phenoxy) is 1. The predicted molar refractivity (Wildman–Crippen MR) is 209 cm³/mol. The largest absolute Gasteiger partial charge is 0.361 e. The monoisotopic (exact) mass is 864 g/mol. The zero-order chi connectivity index (χ0) is 42.3. The van der Waals surface area contributed by atoms with Crippen molar-refractivity contribution in [2.24, 2.45) is 13.0 Å². The quantitative estimate of drug-likeness (QED) is 0.0700. The van der Waals surface area contributed by atoms with Crippen LogP contribution < -0.4 is 10.0 Å². The van der Waals surface area contributed by atoms with Crippen LogP contribution in [-0.4, -0.2) is 63.0 Å². The van der Waals surface area contributed by atoms with Crippen LogP contribution in [0.2, 0.25) is 5.02 Å². The molecule has 1 amide bonds. The zero-order valence-electron chi connectivity index (χ0n) is 32.0. The van der Waals surface area contributed by atoms with Gasteiger partial charge in [-0.25, -0.2) is 35.4 Å². The highest BCUT2D eigenvalue weighted by Gasteiger charge is 2.44. The number of pyridine rings is 1. The average Bonchev–Trinajstić information content (AvgIpc) is 3.52. The number of benzene rings is 2. The van der Waals surface area contributed by atoms with E-state index in [2.05, 4.69) is 20.2 Å². The van der Waals surface area contributed by atoms with Crippen molar-refractivity contribution >= 4 is 55.3 Å². The molecular formula is C39H39ClF6N8O4S. The number of carbonyl (C=O) groups is 1. The van der Waals surface area contributed by atoms with Crippen molar-refractivity contribution in [3.8, 4) is 11.1 Å². The maximum atomic E-state index is 14.7. The third kappa shape index (κ3) is 8.77. The van der Waals surface area contributed by atoms with Gasteiger partial charge in [0.2, 0.25) is 15.9 Å². The number of hydrogen-bond donors (Lipinski definition) is 2. The number of rotatable bonds is 17. The molecule has 2 aromatic carbocycles. The maximum absolute atomic E-state index is 14.7. The Kier molecular flexibility index (Phi) is 12.0. The van der Waals surface area contributed by atoms with Gasteiger partial charge in [-0.15, -0.1) is 0 Å². The van der Waals surface area contributed by atoms with Crippen molar-refractivity contribution in [3.05, 3.63) is 93.5 Å². The standard InChI is InChI=1S/C39H39ClF6N8O4S/c1-4-9-58-19-53-8-7-21-13-27(25-5-6-28(40)33-36(25)52(2)50-38(33)51-59(3,56)57)34(48-39(21)53)29(12-20-10-23(43)15-24(44)11-20)47-31(55)18-54-30(17-42)32(26-14-22(26)16-41)35(49-54)37(45)46/h5-8,10-11,13,15,22,26,29,37H,4,9,12,14,16-19H2,1-3H3,(H,47,55)(H,50,51)/t22-,26-,29-/m0/s1. The topological polar surface area (TPSA) is 138 Å². The van der Waals surface area contributed by atoms with Gasteiger partial charge >= 0.3 is 0 Å². The van der Waals surface area contributed by atoms with Gasteiger partial charge in [0.15, 0.2) is 5.82 Å². The van der Waals surface area contributed by atoms with Crippen LogP contribution in [0.1, 0.15) is 66.4 Å². The van der Waals surface area contributed by atoms with Gasteiger partial charge in [0.05, 0.1) is 46.3 Å². The molecule has 0 aliphatic heterocycles. The smallest absolute Gasteiger partial charge is 0.282 e. The van der Waals surface area contributed by atoms with Gasteiger partial charge in [-0.1, -0.05) is 24.6 Å². The Hall–Kier alpha value is -5.14. The maximum Gasteiger partial charge on any atom is 0.282 e. The lowest BCUT2D eigenvalue weighted by molar-refractivity contribution is -0.122. The fourth-order valence-corrected chi connectivity index (χ4v) is 8.29. The number of alkyl halides is 4. The van der Waals surface area contributed by atoms with Crippen molar-refractivity contribution in [3.63, 3.8) is 0 Å². The molecule has 12 nitrogen and oxygen atoms in total. The molecule has 0 unspecified atom stereocenters. The third-order valence-corrected chi connectivity index (χ3v) is 11.0. The molecule has 0 bridgehead atoms. The van der Waals surface area contributed by atoms with Crippen LogP contribution in [0.15, 0.2) is 48.7 Å². The first-order chi connectivity index (χ1) is 28.1. The molecule has 59 heavy (non-hydrogen) atoms. The summed E-state index contributed by atoms with van der Waals surface area (Å²) in [5.41, 5.74) is 0.727. The highest BCUT2D eigenvalue weighted by Crippen LogP contribution is 2.51. The molecule has 7 rings (SSSR count). The van der Waals surface area contributed by atoms with Gasteiger partial charge < -0.3 is 14.6 Å². The lowest BCUT2D eigenvalue weighted by Crippen LogP contribution is -2.34. The van der Waals surface area contributed by atoms with E-state index in [1.165, 1.54) is 10.7 Å². The van der Waals surface area contributed by atoms with E-state index in [1.807, 2.05) is 6.92 Å². The molecule has 20 heteroatoms. The van der Waals surface area contributed by atoms with E-state index in [-0.39, 0.29) is 58.3 Å². The second-order valence-corrected chi connectivity index (χ2v) is 16.7. The Balaban J connectivity index is 1.40. The predicted octanol–water partition coefficient (Wildman–Crippen LogP) is 8.05. The first-order valence-corrected chi connectivity index (χ1v) is 20.8. The number of aryl methyl sites for hydroxylation is 1. The van der Waals surface area contributed by atoms with Gasteiger partial charge in [0.25, 0.3) is 6.43 Å². The number of nitrogens with zero attached hydrogens (tertiary/aromatic N) is 6. The minimum atomic E-state index is -3.81. The van der Waals surface area contributed by atoms with Crippen molar-refractivity contribution in [1.82, 2.24) is 34.4 Å². The van der Waals surface area contributed by atoms with Crippen molar-refractivity contribution in [2.75, 3.05) is 24.3 Å². The van der Waals surface area contributed by atoms with Crippen LogP contribution in [0, 0.1) is 17.6 Å². The molecule has 314 valence electrons. The van der Waals surface area contributed by atoms with Crippen LogP contribution in [0.4, 0.5) is 32.2 Å². The normalized spacial score (nSPS) is 16.1. The lowest BCUT2D eigenvalue weighted by Gasteiger charge is -2.23. The zero-order valence-corrected chi connectivity index (χ0v) is 33.5. The second-order valence-electron chi connectivity index (χ2n) is 14.5. The number of hydrogen-bond acceptors (Lipinski definition) is 7. The first-order valence-electron chi connectivity index (χ1n) is 18.5. The van der Waals surface area contributed by atoms with E-state index in [0.717, 1.165) is 29.5 Å². The fraction of sp³-hybridized carbons (Fsp3) is 0.385. The molecule has 6 aromatic rings. The van der Waals surface area contributed by atoms with Crippen LogP contribution in [0.3, 0.4) is 0 Å². The number of aromatic nitrogens is 6. The van der Waals surface area contributed by atoms with E-state index < -0.39 is 77.5 Å². The Morgan fingerprint density at radius 2 is 1.80 bits per heavy atom. The minimum absolute atomic E-state index is 0.0544. The molecule has 0 spiro atoms. The summed E-state index contributed by atoms with van der Waals surface area (Å²) in [6, 6.07) is 8.38. The third-order valence-electron chi connectivity index (χ3n) is 10.1. The number of fused-ring (bicyclic) bond motifs is 2. The van der Waals surface area contributed by atoms with E-state index >= 15 is 0 Å². The number of sulfonamides is 1. The van der Waals surface area contributed by atoms with Crippen LogP contribution in [0.5, 0.6) is 0 Å². The summed E-state index contributed by atoms with van der Waals surface area (Å²) < 4.78 is 123. The van der Waals surface area contributed by atoms with Crippen LogP contribution in [0.25, 0.3) is 33.1 Å². The molecule has 3 atom stereocenters. The molecule has 1 aliphatic carbocycles. The highest BCUT2D eigenvalue weighted by molar-refractivity contribution is 7.92. The molecule has 0 radical (unpaired) electrons. The summed E-state index contributed by atoms with van der Waals surface area (Å²) in [7, 11) is -2.24.